The van der Waals surface area contributed by atoms with Gasteiger partial charge in [0.2, 0.25) is 0 Å². The maximum absolute atomic E-state index is 13.1. The van der Waals surface area contributed by atoms with E-state index in [9.17, 15) is 18.0 Å². The Bertz CT molecular complexity index is 764. The fourth-order valence-corrected chi connectivity index (χ4v) is 3.56. The summed E-state index contributed by atoms with van der Waals surface area (Å²) in [5.74, 6) is -0.639. The number of ether oxygens (including phenoxy) is 2. The molecule has 0 unspecified atom stereocenters. The Morgan fingerprint density at radius 3 is 2.59 bits per heavy atom. The number of rotatable bonds is 5. The number of hydrogen-bond donors (Lipinski definition) is 1. The van der Waals surface area contributed by atoms with Gasteiger partial charge in [-0.2, -0.15) is 13.2 Å². The summed E-state index contributed by atoms with van der Waals surface area (Å²) < 4.78 is 49.3. The third-order valence-electron chi connectivity index (χ3n) is 4.33. The SMILES string of the molecule is COC[C@@H](C)N1C(=S)N[C@H](c2cccc(C(F)(F)F)c2)C(C(=O)OC)=C1C. The van der Waals surface area contributed by atoms with Gasteiger partial charge in [0.1, 0.15) is 0 Å². The summed E-state index contributed by atoms with van der Waals surface area (Å²) in [6, 6.07) is 3.76. The highest BCUT2D eigenvalue weighted by Crippen LogP contribution is 2.35. The van der Waals surface area contributed by atoms with Crippen LogP contribution in [-0.2, 0) is 20.4 Å². The monoisotopic (exact) mass is 402 g/mol. The molecular formula is C18H21F3N2O3S. The minimum atomic E-state index is -4.49. The number of esters is 1. The Balaban J connectivity index is 2.57. The van der Waals surface area contributed by atoms with Gasteiger partial charge < -0.3 is 19.7 Å². The molecule has 5 nitrogen and oxygen atoms in total. The Kier molecular flexibility index (Phi) is 6.48. The molecule has 0 amide bonds. The smallest absolute Gasteiger partial charge is 0.416 e. The van der Waals surface area contributed by atoms with Crippen molar-refractivity contribution >= 4 is 23.3 Å². The zero-order valence-electron chi connectivity index (χ0n) is 15.4. The quantitative estimate of drug-likeness (QED) is 0.602. The fraction of sp³-hybridized carbons (Fsp3) is 0.444. The molecule has 0 saturated heterocycles. The molecule has 1 aromatic carbocycles. The number of nitrogens with one attached hydrogen (secondary N) is 1. The number of carbonyl (C=O) groups is 1. The van der Waals surface area contributed by atoms with Crippen LogP contribution in [0.4, 0.5) is 13.2 Å². The number of nitrogens with zero attached hydrogens (tertiary/aromatic N) is 1. The van der Waals surface area contributed by atoms with Gasteiger partial charge in [0, 0.05) is 12.8 Å². The number of alkyl halides is 3. The highest BCUT2D eigenvalue weighted by molar-refractivity contribution is 7.80. The van der Waals surface area contributed by atoms with Gasteiger partial charge >= 0.3 is 12.1 Å². The molecule has 1 aliphatic rings. The maximum atomic E-state index is 13.1. The Labute approximate surface area is 161 Å². The number of hydrogen-bond acceptors (Lipinski definition) is 4. The lowest BCUT2D eigenvalue weighted by atomic mass is 9.93. The highest BCUT2D eigenvalue weighted by atomic mass is 32.1. The van der Waals surface area contributed by atoms with E-state index in [1.807, 2.05) is 6.92 Å². The number of halogens is 3. The number of allylic oxidation sites excluding steroid dienone is 1. The van der Waals surface area contributed by atoms with Crippen LogP contribution in [0.2, 0.25) is 0 Å². The molecule has 148 valence electrons. The third-order valence-corrected chi connectivity index (χ3v) is 4.64. The molecule has 9 heteroatoms. The number of thiocarbonyl (C=S) groups is 1. The van der Waals surface area contributed by atoms with Crippen molar-refractivity contribution in [2.45, 2.75) is 32.1 Å². The molecule has 0 spiro atoms. The predicted octanol–water partition coefficient (Wildman–Crippen LogP) is 3.42. The van der Waals surface area contributed by atoms with Crippen LogP contribution in [0.3, 0.4) is 0 Å². The zero-order chi connectivity index (χ0) is 20.4. The van der Waals surface area contributed by atoms with Crippen LogP contribution in [0.1, 0.15) is 31.0 Å². The van der Waals surface area contributed by atoms with Gasteiger partial charge in [-0.1, -0.05) is 12.1 Å². The molecule has 27 heavy (non-hydrogen) atoms. The van der Waals surface area contributed by atoms with Crippen molar-refractivity contribution in [3.63, 3.8) is 0 Å². The second-order valence-corrected chi connectivity index (χ2v) is 6.56. The van der Waals surface area contributed by atoms with E-state index >= 15 is 0 Å². The van der Waals surface area contributed by atoms with Crippen molar-refractivity contribution < 1.29 is 27.4 Å². The minimum Gasteiger partial charge on any atom is -0.466 e. The van der Waals surface area contributed by atoms with Crippen LogP contribution >= 0.6 is 12.2 Å². The third kappa shape index (κ3) is 4.41. The van der Waals surface area contributed by atoms with Crippen molar-refractivity contribution in [1.82, 2.24) is 10.2 Å². The van der Waals surface area contributed by atoms with Crippen LogP contribution in [-0.4, -0.2) is 42.8 Å². The summed E-state index contributed by atoms with van der Waals surface area (Å²) in [6.07, 6.45) is -4.49. The Morgan fingerprint density at radius 2 is 2.04 bits per heavy atom. The molecule has 0 fully saturated rings. The Morgan fingerprint density at radius 1 is 1.37 bits per heavy atom. The van der Waals surface area contributed by atoms with Gasteiger partial charge in [-0.15, -0.1) is 0 Å². The second-order valence-electron chi connectivity index (χ2n) is 6.17. The van der Waals surface area contributed by atoms with Gasteiger partial charge in [-0.05, 0) is 43.8 Å². The zero-order valence-corrected chi connectivity index (χ0v) is 16.2. The molecule has 0 aliphatic carbocycles. The average molecular weight is 402 g/mol. The van der Waals surface area contributed by atoms with Gasteiger partial charge in [0.25, 0.3) is 0 Å². The largest absolute Gasteiger partial charge is 0.466 e. The van der Waals surface area contributed by atoms with Crippen LogP contribution in [0.5, 0.6) is 0 Å². The molecule has 1 aromatic rings. The van der Waals surface area contributed by atoms with Crippen LogP contribution in [0, 0.1) is 0 Å². The first-order chi connectivity index (χ1) is 12.6. The van der Waals surface area contributed by atoms with E-state index in [4.69, 9.17) is 21.7 Å². The van der Waals surface area contributed by atoms with Gasteiger partial charge in [-0.25, -0.2) is 4.79 Å². The van der Waals surface area contributed by atoms with Crippen molar-refractivity contribution in [3.05, 3.63) is 46.7 Å². The van der Waals surface area contributed by atoms with Gasteiger partial charge in [0.15, 0.2) is 5.11 Å². The summed E-state index contributed by atoms with van der Waals surface area (Å²) >= 11 is 5.40. The molecule has 2 atom stereocenters. The van der Waals surface area contributed by atoms with Crippen molar-refractivity contribution in [1.29, 1.82) is 0 Å². The number of methoxy groups -OCH3 is 2. The summed E-state index contributed by atoms with van der Waals surface area (Å²) in [4.78, 5) is 14.1. The molecular weight excluding hydrogens is 381 g/mol. The minimum absolute atomic E-state index is 0.183. The lowest BCUT2D eigenvalue weighted by molar-refractivity contribution is -0.137. The normalized spacial score (nSPS) is 19.0. The van der Waals surface area contributed by atoms with E-state index in [-0.39, 0.29) is 17.2 Å². The van der Waals surface area contributed by atoms with Crippen LogP contribution in [0.15, 0.2) is 35.5 Å². The van der Waals surface area contributed by atoms with Crippen molar-refractivity contribution in [2.24, 2.45) is 0 Å². The molecule has 0 aromatic heterocycles. The van der Waals surface area contributed by atoms with Gasteiger partial charge in [0.05, 0.1) is 36.9 Å². The lowest BCUT2D eigenvalue weighted by Crippen LogP contribution is -2.52. The first-order valence-corrected chi connectivity index (χ1v) is 8.57. The van der Waals surface area contributed by atoms with E-state index in [0.717, 1.165) is 12.1 Å². The first kappa shape index (κ1) is 21.2. The summed E-state index contributed by atoms with van der Waals surface area (Å²) in [5, 5.41) is 3.27. The van der Waals surface area contributed by atoms with Crippen molar-refractivity contribution in [3.8, 4) is 0 Å². The standard InChI is InChI=1S/C18H21F3N2O3S/c1-10(9-25-3)23-11(2)14(16(24)26-4)15(22-17(23)27)12-6-5-7-13(8-12)18(19,20)21/h5-8,10,15H,9H2,1-4H3,(H,22,27)/t10-,15-/m1/s1. The van der Waals surface area contributed by atoms with Crippen LogP contribution in [0.25, 0.3) is 0 Å². The Hall–Kier alpha value is -2.13. The predicted molar refractivity (Wildman–Crippen MR) is 97.8 cm³/mol. The fourth-order valence-electron chi connectivity index (χ4n) is 3.12. The van der Waals surface area contributed by atoms with E-state index in [1.54, 1.807) is 18.9 Å². The second kappa shape index (κ2) is 8.26. The van der Waals surface area contributed by atoms with E-state index in [1.165, 1.54) is 19.2 Å². The number of benzene rings is 1. The lowest BCUT2D eigenvalue weighted by Gasteiger charge is -2.40. The number of carbonyl (C=O) groups excluding carboxylic acids is 1. The average Bonchev–Trinajstić information content (AvgIpc) is 2.60. The van der Waals surface area contributed by atoms with Crippen molar-refractivity contribution in [2.75, 3.05) is 20.8 Å². The first-order valence-electron chi connectivity index (χ1n) is 8.16. The topological polar surface area (TPSA) is 50.8 Å². The molecule has 1 heterocycles. The molecule has 1 aliphatic heterocycles. The highest BCUT2D eigenvalue weighted by Gasteiger charge is 2.37. The molecule has 1 N–H and O–H groups in total. The van der Waals surface area contributed by atoms with Gasteiger partial charge in [-0.3, -0.25) is 0 Å². The van der Waals surface area contributed by atoms with E-state index < -0.39 is 23.8 Å². The summed E-state index contributed by atoms with van der Waals surface area (Å²) in [5.41, 5.74) is 0.182. The molecule has 0 bridgehead atoms. The summed E-state index contributed by atoms with van der Waals surface area (Å²) in [7, 11) is 2.77. The molecule has 2 rings (SSSR count). The van der Waals surface area contributed by atoms with Crippen LogP contribution < -0.4 is 5.32 Å². The summed E-state index contributed by atoms with van der Waals surface area (Å²) in [6.45, 7) is 3.90. The van der Waals surface area contributed by atoms with E-state index in [0.29, 0.717) is 17.4 Å². The molecule has 0 saturated carbocycles. The molecule has 0 radical (unpaired) electrons. The van der Waals surface area contributed by atoms with E-state index in [2.05, 4.69) is 5.32 Å². The maximum Gasteiger partial charge on any atom is 0.416 e.